The highest BCUT2D eigenvalue weighted by Gasteiger charge is 2.23. The highest BCUT2D eigenvalue weighted by Crippen LogP contribution is 2.40. The zero-order chi connectivity index (χ0) is 16.7. The molecule has 1 fully saturated rings. The Kier molecular flexibility index (Phi) is 4.50. The van der Waals surface area contributed by atoms with Crippen LogP contribution in [0.3, 0.4) is 0 Å². The zero-order valence-electron chi connectivity index (χ0n) is 13.3. The largest absolute Gasteiger partial charge is 0.356 e. The van der Waals surface area contributed by atoms with E-state index in [9.17, 15) is 0 Å². The van der Waals surface area contributed by atoms with E-state index in [0.29, 0.717) is 11.2 Å². The summed E-state index contributed by atoms with van der Waals surface area (Å²) in [6, 6.07) is 8.39. The van der Waals surface area contributed by atoms with Crippen molar-refractivity contribution in [3.63, 3.8) is 0 Å². The van der Waals surface area contributed by atoms with Crippen LogP contribution in [0.15, 0.2) is 34.1 Å². The van der Waals surface area contributed by atoms with E-state index >= 15 is 0 Å². The Hall–Kier alpha value is -1.17. The zero-order valence-corrected chi connectivity index (χ0v) is 16.5. The Bertz CT molecular complexity index is 878. The number of nitrogens with zero attached hydrogens (tertiary/aromatic N) is 3. The van der Waals surface area contributed by atoms with Gasteiger partial charge in [0.25, 0.3) is 0 Å². The molecule has 24 heavy (non-hydrogen) atoms. The van der Waals surface area contributed by atoms with Gasteiger partial charge in [-0.1, -0.05) is 35.0 Å². The first-order chi connectivity index (χ1) is 11.6. The molecule has 3 nitrogen and oxygen atoms in total. The fraction of sp³-hybridized carbons (Fsp3) is 0.333. The minimum atomic E-state index is 0.333. The Balaban J connectivity index is 1.89. The molecule has 4 rings (SSSR count). The molecule has 1 aromatic carbocycles. The quantitative estimate of drug-likeness (QED) is 0.473. The summed E-state index contributed by atoms with van der Waals surface area (Å²) in [4.78, 5) is 12.4. The van der Waals surface area contributed by atoms with E-state index in [0.717, 1.165) is 33.6 Å². The molecule has 1 aliphatic heterocycles. The minimum absolute atomic E-state index is 0.333. The third-order valence-electron chi connectivity index (χ3n) is 4.50. The van der Waals surface area contributed by atoms with Crippen LogP contribution in [0, 0.1) is 5.92 Å². The van der Waals surface area contributed by atoms with Gasteiger partial charge < -0.3 is 4.90 Å². The van der Waals surface area contributed by atoms with Crippen molar-refractivity contribution in [1.82, 2.24) is 9.97 Å². The molecule has 1 aliphatic rings. The van der Waals surface area contributed by atoms with Gasteiger partial charge in [0.15, 0.2) is 0 Å². The Morgan fingerprint density at radius 3 is 2.79 bits per heavy atom. The van der Waals surface area contributed by atoms with Gasteiger partial charge in [-0.05, 0) is 48.1 Å². The van der Waals surface area contributed by atoms with E-state index in [2.05, 4.69) is 67.4 Å². The second-order valence-electron chi connectivity index (χ2n) is 6.35. The van der Waals surface area contributed by atoms with Crippen LogP contribution in [-0.2, 0) is 0 Å². The molecular weight excluding hydrogens is 406 g/mol. The van der Waals surface area contributed by atoms with Gasteiger partial charge in [-0.15, -0.1) is 11.3 Å². The first-order valence-corrected chi connectivity index (χ1v) is 10.1. The minimum Gasteiger partial charge on any atom is -0.356 e. The van der Waals surface area contributed by atoms with Crippen molar-refractivity contribution in [1.29, 1.82) is 0 Å². The SMILES string of the molecule is CC1CCCN(c2nc(Cl)nc3scc(-c4ccc(Br)cc4)c23)C1. The Morgan fingerprint density at radius 1 is 1.25 bits per heavy atom. The van der Waals surface area contributed by atoms with Crippen LogP contribution >= 0.6 is 38.9 Å². The average Bonchev–Trinajstić information content (AvgIpc) is 2.98. The predicted molar refractivity (Wildman–Crippen MR) is 106 cm³/mol. The van der Waals surface area contributed by atoms with Crippen LogP contribution in [0.1, 0.15) is 19.8 Å². The number of hydrogen-bond acceptors (Lipinski definition) is 4. The van der Waals surface area contributed by atoms with E-state index in [1.807, 2.05) is 0 Å². The highest BCUT2D eigenvalue weighted by molar-refractivity contribution is 9.10. The molecule has 0 bridgehead atoms. The van der Waals surface area contributed by atoms with Crippen molar-refractivity contribution < 1.29 is 0 Å². The van der Waals surface area contributed by atoms with Crippen LogP contribution in [0.2, 0.25) is 5.28 Å². The van der Waals surface area contributed by atoms with Gasteiger partial charge in [0.2, 0.25) is 5.28 Å². The van der Waals surface area contributed by atoms with Crippen LogP contribution in [0.25, 0.3) is 21.3 Å². The summed E-state index contributed by atoms with van der Waals surface area (Å²) in [6.07, 6.45) is 2.48. The first-order valence-electron chi connectivity index (χ1n) is 8.07. The molecule has 3 aromatic rings. The first kappa shape index (κ1) is 16.3. The van der Waals surface area contributed by atoms with Gasteiger partial charge in [0, 0.05) is 28.5 Å². The molecule has 0 N–H and O–H groups in total. The number of aromatic nitrogens is 2. The molecule has 6 heteroatoms. The fourth-order valence-corrected chi connectivity index (χ4v) is 4.77. The lowest BCUT2D eigenvalue weighted by atomic mass is 9.99. The van der Waals surface area contributed by atoms with E-state index in [4.69, 9.17) is 11.6 Å². The second kappa shape index (κ2) is 6.62. The summed E-state index contributed by atoms with van der Waals surface area (Å²) < 4.78 is 1.08. The number of piperidine rings is 1. The number of halogens is 2. The van der Waals surface area contributed by atoms with Crippen LogP contribution < -0.4 is 4.90 Å². The summed E-state index contributed by atoms with van der Waals surface area (Å²) in [5.74, 6) is 1.66. The molecule has 3 heterocycles. The predicted octanol–water partition coefficient (Wildman–Crippen LogP) is 6.01. The van der Waals surface area contributed by atoms with Crippen molar-refractivity contribution in [3.05, 3.63) is 39.4 Å². The fourth-order valence-electron chi connectivity index (χ4n) is 3.35. The monoisotopic (exact) mass is 421 g/mol. The van der Waals surface area contributed by atoms with Crippen LogP contribution in [0.5, 0.6) is 0 Å². The average molecular weight is 423 g/mol. The third kappa shape index (κ3) is 3.05. The van der Waals surface area contributed by atoms with Gasteiger partial charge in [0.1, 0.15) is 10.6 Å². The van der Waals surface area contributed by atoms with E-state index in [-0.39, 0.29) is 0 Å². The van der Waals surface area contributed by atoms with Crippen molar-refractivity contribution in [3.8, 4) is 11.1 Å². The summed E-state index contributed by atoms with van der Waals surface area (Å²) in [5, 5.41) is 3.62. The number of rotatable bonds is 2. The van der Waals surface area contributed by atoms with Gasteiger partial charge >= 0.3 is 0 Å². The maximum atomic E-state index is 6.21. The summed E-state index contributed by atoms with van der Waals surface area (Å²) in [6.45, 7) is 4.36. The van der Waals surface area contributed by atoms with Crippen molar-refractivity contribution in [2.75, 3.05) is 18.0 Å². The standard InChI is InChI=1S/C18H17BrClN3S/c1-11-3-2-8-23(9-11)16-15-14(12-4-6-13(19)7-5-12)10-24-17(15)22-18(20)21-16/h4-7,10-11H,2-3,8-9H2,1H3. The lowest BCUT2D eigenvalue weighted by Gasteiger charge is -2.32. The molecular formula is C18H17BrClN3S. The maximum absolute atomic E-state index is 6.21. The Labute approximate surface area is 158 Å². The van der Waals surface area contributed by atoms with Crippen molar-refractivity contribution in [2.24, 2.45) is 5.92 Å². The second-order valence-corrected chi connectivity index (χ2v) is 8.46. The number of anilines is 1. The topological polar surface area (TPSA) is 29.0 Å². The summed E-state index contributed by atoms with van der Waals surface area (Å²) in [5.41, 5.74) is 2.37. The lowest BCUT2D eigenvalue weighted by molar-refractivity contribution is 0.445. The molecule has 0 spiro atoms. The van der Waals surface area contributed by atoms with Gasteiger partial charge in [-0.25, -0.2) is 4.98 Å². The number of thiophene rings is 1. The van der Waals surface area contributed by atoms with Crippen LogP contribution in [0.4, 0.5) is 5.82 Å². The number of benzene rings is 1. The van der Waals surface area contributed by atoms with Gasteiger partial charge in [-0.2, -0.15) is 4.98 Å². The molecule has 124 valence electrons. The van der Waals surface area contributed by atoms with Crippen molar-refractivity contribution in [2.45, 2.75) is 19.8 Å². The molecule has 0 saturated carbocycles. The van der Waals surface area contributed by atoms with Gasteiger partial charge in [-0.3, -0.25) is 0 Å². The lowest BCUT2D eigenvalue weighted by Crippen LogP contribution is -2.35. The van der Waals surface area contributed by atoms with E-state index < -0.39 is 0 Å². The number of hydrogen-bond donors (Lipinski definition) is 0. The van der Waals surface area contributed by atoms with Gasteiger partial charge in [0.05, 0.1) is 5.39 Å². The third-order valence-corrected chi connectivity index (χ3v) is 6.07. The van der Waals surface area contributed by atoms with Crippen LogP contribution in [-0.4, -0.2) is 23.1 Å². The molecule has 0 aliphatic carbocycles. The highest BCUT2D eigenvalue weighted by atomic mass is 79.9. The number of fused-ring (bicyclic) bond motifs is 1. The van der Waals surface area contributed by atoms with Crippen molar-refractivity contribution >= 4 is 54.9 Å². The summed E-state index contributed by atoms with van der Waals surface area (Å²) >= 11 is 11.3. The Morgan fingerprint density at radius 2 is 2.04 bits per heavy atom. The summed E-state index contributed by atoms with van der Waals surface area (Å²) in [7, 11) is 0. The molecule has 1 saturated heterocycles. The smallest absolute Gasteiger partial charge is 0.225 e. The normalized spacial score (nSPS) is 18.3. The maximum Gasteiger partial charge on any atom is 0.225 e. The molecule has 1 atom stereocenters. The van der Waals surface area contributed by atoms with E-state index in [1.54, 1.807) is 11.3 Å². The molecule has 0 radical (unpaired) electrons. The molecule has 1 unspecified atom stereocenters. The van der Waals surface area contributed by atoms with E-state index in [1.165, 1.54) is 24.0 Å². The molecule has 2 aromatic heterocycles. The molecule has 0 amide bonds.